The van der Waals surface area contributed by atoms with Crippen molar-refractivity contribution in [3.8, 4) is 5.75 Å². The number of hydrogen-bond acceptors (Lipinski definition) is 4. The number of carbonyl (C=O) groups is 1. The van der Waals surface area contributed by atoms with E-state index in [2.05, 4.69) is 0 Å². The Morgan fingerprint density at radius 1 is 1.60 bits per heavy atom. The molecule has 0 spiro atoms. The number of amides is 1. The van der Waals surface area contributed by atoms with Crippen LogP contribution < -0.4 is 4.74 Å². The summed E-state index contributed by atoms with van der Waals surface area (Å²) in [4.78, 5) is 14.0. The fourth-order valence-electron chi connectivity index (χ4n) is 2.27. The number of nitrogens with zero attached hydrogens (tertiary/aromatic N) is 1. The average Bonchev–Trinajstić information content (AvgIpc) is 2.46. The Bertz CT molecular complexity index is 463. The monoisotopic (exact) mass is 279 g/mol. The number of aliphatic hydroxyl groups is 1. The smallest absolute Gasteiger partial charge is 0.263 e. The molecule has 5 heteroatoms. The van der Waals surface area contributed by atoms with Crippen molar-refractivity contribution < 1.29 is 19.4 Å². The molecule has 20 heavy (non-hydrogen) atoms. The first-order chi connectivity index (χ1) is 9.61. The Labute approximate surface area is 119 Å². The average molecular weight is 279 g/mol. The van der Waals surface area contributed by atoms with Crippen molar-refractivity contribution in [2.75, 3.05) is 26.4 Å². The number of benzene rings is 1. The Balaban J connectivity index is 2.00. The fourth-order valence-corrected chi connectivity index (χ4v) is 2.27. The van der Waals surface area contributed by atoms with Crippen molar-refractivity contribution in [1.29, 1.82) is 0 Å². The van der Waals surface area contributed by atoms with Crippen LogP contribution in [0.15, 0.2) is 24.3 Å². The Morgan fingerprint density at radius 2 is 2.40 bits per heavy atom. The quantitative estimate of drug-likeness (QED) is 0.892. The molecule has 1 aliphatic rings. The molecular formula is C15H21NO4. The number of ether oxygens (including phenoxy) is 2. The summed E-state index contributed by atoms with van der Waals surface area (Å²) in [5.74, 6) is 0.563. The molecule has 0 radical (unpaired) electrons. The molecule has 1 amide bonds. The second-order valence-electron chi connectivity index (χ2n) is 5.02. The second kappa shape index (κ2) is 6.72. The summed E-state index contributed by atoms with van der Waals surface area (Å²) in [7, 11) is 0. The highest BCUT2D eigenvalue weighted by Gasteiger charge is 2.30. The highest BCUT2D eigenvalue weighted by Crippen LogP contribution is 2.16. The van der Waals surface area contributed by atoms with Crippen LogP contribution in [0.25, 0.3) is 0 Å². The highest BCUT2D eigenvalue weighted by molar-refractivity contribution is 5.81. The van der Waals surface area contributed by atoms with Gasteiger partial charge >= 0.3 is 0 Å². The largest absolute Gasteiger partial charge is 0.481 e. The molecule has 2 atom stereocenters. The molecule has 1 fully saturated rings. The molecule has 0 saturated carbocycles. The zero-order valence-electron chi connectivity index (χ0n) is 11.9. The zero-order chi connectivity index (χ0) is 14.5. The number of hydrogen-bond donors (Lipinski definition) is 1. The van der Waals surface area contributed by atoms with Gasteiger partial charge in [0.25, 0.3) is 5.91 Å². The topological polar surface area (TPSA) is 59.0 Å². The van der Waals surface area contributed by atoms with Crippen LogP contribution in [0.5, 0.6) is 5.75 Å². The molecule has 1 aromatic rings. The lowest BCUT2D eigenvalue weighted by molar-refractivity contribution is -0.148. The van der Waals surface area contributed by atoms with Gasteiger partial charge in [-0.3, -0.25) is 4.79 Å². The van der Waals surface area contributed by atoms with E-state index >= 15 is 0 Å². The van der Waals surface area contributed by atoms with Crippen LogP contribution in [0.1, 0.15) is 12.5 Å². The summed E-state index contributed by atoms with van der Waals surface area (Å²) in [5, 5.41) is 9.30. The second-order valence-corrected chi connectivity index (χ2v) is 5.02. The van der Waals surface area contributed by atoms with Gasteiger partial charge in [-0.15, -0.1) is 0 Å². The van der Waals surface area contributed by atoms with Crippen LogP contribution >= 0.6 is 0 Å². The summed E-state index contributed by atoms with van der Waals surface area (Å²) in [6.07, 6.45) is -0.580. The molecule has 0 bridgehead atoms. The predicted octanol–water partition coefficient (Wildman–Crippen LogP) is 0.982. The van der Waals surface area contributed by atoms with Gasteiger partial charge in [0.2, 0.25) is 0 Å². The molecule has 1 aliphatic heterocycles. The number of aliphatic hydroxyl groups excluding tert-OH is 1. The highest BCUT2D eigenvalue weighted by atomic mass is 16.5. The van der Waals surface area contributed by atoms with E-state index in [1.54, 1.807) is 11.8 Å². The molecule has 1 heterocycles. The van der Waals surface area contributed by atoms with Gasteiger partial charge in [-0.05, 0) is 31.5 Å². The van der Waals surface area contributed by atoms with E-state index < -0.39 is 6.10 Å². The third-order valence-corrected chi connectivity index (χ3v) is 3.37. The lowest BCUT2D eigenvalue weighted by atomic mass is 10.2. The third-order valence-electron chi connectivity index (χ3n) is 3.37. The third kappa shape index (κ3) is 3.49. The van der Waals surface area contributed by atoms with Gasteiger partial charge in [-0.2, -0.15) is 0 Å². The SMILES string of the molecule is Cc1cccc(OC(C)C(=O)N2CCOCC2CO)c1. The number of aryl methyl sites for hydroxylation is 1. The van der Waals surface area contributed by atoms with E-state index in [4.69, 9.17) is 9.47 Å². The summed E-state index contributed by atoms with van der Waals surface area (Å²) >= 11 is 0. The Morgan fingerprint density at radius 3 is 3.10 bits per heavy atom. The lowest BCUT2D eigenvalue weighted by Crippen LogP contribution is -2.54. The minimum absolute atomic E-state index is 0.0943. The Hall–Kier alpha value is -1.59. The molecular weight excluding hydrogens is 258 g/mol. The van der Waals surface area contributed by atoms with Crippen molar-refractivity contribution >= 4 is 5.91 Å². The minimum Gasteiger partial charge on any atom is -0.481 e. The van der Waals surface area contributed by atoms with E-state index in [9.17, 15) is 9.90 Å². The first-order valence-electron chi connectivity index (χ1n) is 6.84. The van der Waals surface area contributed by atoms with Gasteiger partial charge in [-0.1, -0.05) is 12.1 Å². The van der Waals surface area contributed by atoms with Crippen LogP contribution in [-0.4, -0.2) is 54.4 Å². The maximum Gasteiger partial charge on any atom is 0.263 e. The van der Waals surface area contributed by atoms with Crippen molar-refractivity contribution in [3.63, 3.8) is 0 Å². The molecule has 0 aromatic heterocycles. The molecule has 0 aliphatic carbocycles. The van der Waals surface area contributed by atoms with Gasteiger partial charge in [0.05, 0.1) is 25.9 Å². The van der Waals surface area contributed by atoms with Gasteiger partial charge in [0.15, 0.2) is 6.10 Å². The first-order valence-corrected chi connectivity index (χ1v) is 6.84. The maximum absolute atomic E-state index is 12.4. The summed E-state index contributed by atoms with van der Waals surface area (Å²) in [6, 6.07) is 7.32. The molecule has 2 unspecified atom stereocenters. The van der Waals surface area contributed by atoms with Crippen molar-refractivity contribution in [1.82, 2.24) is 4.90 Å². The van der Waals surface area contributed by atoms with Crippen LogP contribution in [0.4, 0.5) is 0 Å². The molecule has 2 rings (SSSR count). The van der Waals surface area contributed by atoms with Gasteiger partial charge < -0.3 is 19.5 Å². The lowest BCUT2D eigenvalue weighted by Gasteiger charge is -2.35. The van der Waals surface area contributed by atoms with Gasteiger partial charge in [-0.25, -0.2) is 0 Å². The number of carbonyl (C=O) groups excluding carboxylic acids is 1. The van der Waals surface area contributed by atoms with Crippen LogP contribution in [-0.2, 0) is 9.53 Å². The number of rotatable bonds is 4. The molecule has 1 N–H and O–H groups in total. The van der Waals surface area contributed by atoms with Crippen LogP contribution in [0.3, 0.4) is 0 Å². The van der Waals surface area contributed by atoms with E-state index in [-0.39, 0.29) is 18.6 Å². The normalized spacial score (nSPS) is 20.6. The minimum atomic E-state index is -0.580. The van der Waals surface area contributed by atoms with Crippen molar-refractivity contribution in [2.24, 2.45) is 0 Å². The summed E-state index contributed by atoms with van der Waals surface area (Å²) in [6.45, 7) is 4.98. The van der Waals surface area contributed by atoms with Crippen LogP contribution in [0, 0.1) is 6.92 Å². The first kappa shape index (κ1) is 14.8. The fraction of sp³-hybridized carbons (Fsp3) is 0.533. The van der Waals surface area contributed by atoms with E-state index in [1.807, 2.05) is 31.2 Å². The maximum atomic E-state index is 12.4. The molecule has 110 valence electrons. The van der Waals surface area contributed by atoms with E-state index in [0.717, 1.165) is 5.56 Å². The van der Waals surface area contributed by atoms with E-state index in [0.29, 0.717) is 25.5 Å². The van der Waals surface area contributed by atoms with Crippen molar-refractivity contribution in [2.45, 2.75) is 26.0 Å². The van der Waals surface area contributed by atoms with Gasteiger partial charge in [0.1, 0.15) is 5.75 Å². The van der Waals surface area contributed by atoms with Gasteiger partial charge in [0, 0.05) is 6.54 Å². The Kier molecular flexibility index (Phi) is 4.98. The molecule has 5 nitrogen and oxygen atoms in total. The van der Waals surface area contributed by atoms with E-state index in [1.165, 1.54) is 0 Å². The predicted molar refractivity (Wildman–Crippen MR) is 74.7 cm³/mol. The standard InChI is InChI=1S/C15H21NO4/c1-11-4-3-5-14(8-11)20-12(2)15(18)16-6-7-19-10-13(16)9-17/h3-5,8,12-13,17H,6-7,9-10H2,1-2H3. The summed E-state index contributed by atoms with van der Waals surface area (Å²) < 4.78 is 11.0. The zero-order valence-corrected chi connectivity index (χ0v) is 11.9. The van der Waals surface area contributed by atoms with Crippen molar-refractivity contribution in [3.05, 3.63) is 29.8 Å². The number of morpholine rings is 1. The van der Waals surface area contributed by atoms with Crippen LogP contribution in [0.2, 0.25) is 0 Å². The summed E-state index contributed by atoms with van der Waals surface area (Å²) in [5.41, 5.74) is 1.08. The molecule has 1 saturated heterocycles. The molecule has 1 aromatic carbocycles.